The Balaban J connectivity index is 2.27. The van der Waals surface area contributed by atoms with E-state index in [1.807, 2.05) is 11.3 Å². The first kappa shape index (κ1) is 11.1. The number of aryl methyl sites for hydroxylation is 1. The molecule has 0 radical (unpaired) electrons. The van der Waals surface area contributed by atoms with E-state index in [1.165, 1.54) is 29.8 Å². The molecule has 1 saturated heterocycles. The van der Waals surface area contributed by atoms with Gasteiger partial charge in [-0.2, -0.15) is 0 Å². The SMILES string of the molecule is CCN1CCCC(N)C1c1sccc1C. The lowest BCUT2D eigenvalue weighted by atomic mass is 9.94. The van der Waals surface area contributed by atoms with E-state index >= 15 is 0 Å². The molecule has 2 heterocycles. The number of hydrogen-bond acceptors (Lipinski definition) is 3. The van der Waals surface area contributed by atoms with Gasteiger partial charge >= 0.3 is 0 Å². The summed E-state index contributed by atoms with van der Waals surface area (Å²) in [5.41, 5.74) is 7.67. The van der Waals surface area contributed by atoms with E-state index in [4.69, 9.17) is 5.73 Å². The molecular formula is C12H20N2S. The van der Waals surface area contributed by atoms with Gasteiger partial charge in [-0.05, 0) is 49.9 Å². The second kappa shape index (κ2) is 4.64. The maximum absolute atomic E-state index is 6.27. The Morgan fingerprint density at radius 1 is 1.60 bits per heavy atom. The van der Waals surface area contributed by atoms with Gasteiger partial charge < -0.3 is 5.73 Å². The predicted molar refractivity (Wildman–Crippen MR) is 66.3 cm³/mol. The molecule has 1 aromatic rings. The lowest BCUT2D eigenvalue weighted by Crippen LogP contribution is -2.45. The number of nitrogens with zero attached hydrogens (tertiary/aromatic N) is 1. The van der Waals surface area contributed by atoms with Gasteiger partial charge in [0.2, 0.25) is 0 Å². The zero-order chi connectivity index (χ0) is 10.8. The van der Waals surface area contributed by atoms with Crippen molar-refractivity contribution in [3.63, 3.8) is 0 Å². The molecule has 0 amide bonds. The van der Waals surface area contributed by atoms with Crippen LogP contribution in [0.1, 0.15) is 36.2 Å². The highest BCUT2D eigenvalue weighted by Crippen LogP contribution is 2.34. The van der Waals surface area contributed by atoms with Crippen LogP contribution in [0.15, 0.2) is 11.4 Å². The number of likely N-dealkylation sites (tertiary alicyclic amines) is 1. The molecule has 0 aromatic carbocycles. The van der Waals surface area contributed by atoms with Crippen LogP contribution in [-0.2, 0) is 0 Å². The Hall–Kier alpha value is -0.380. The van der Waals surface area contributed by atoms with E-state index in [1.54, 1.807) is 0 Å². The molecule has 2 nitrogen and oxygen atoms in total. The van der Waals surface area contributed by atoms with Crippen molar-refractivity contribution < 1.29 is 0 Å². The van der Waals surface area contributed by atoms with Crippen molar-refractivity contribution in [2.45, 2.75) is 38.8 Å². The smallest absolute Gasteiger partial charge is 0.0596 e. The van der Waals surface area contributed by atoms with E-state index < -0.39 is 0 Å². The number of piperidine rings is 1. The van der Waals surface area contributed by atoms with Crippen molar-refractivity contribution in [2.75, 3.05) is 13.1 Å². The summed E-state index contributed by atoms with van der Waals surface area (Å²) in [6.07, 6.45) is 2.41. The molecule has 2 N–H and O–H groups in total. The van der Waals surface area contributed by atoms with E-state index in [0.29, 0.717) is 12.1 Å². The van der Waals surface area contributed by atoms with Crippen LogP contribution in [0, 0.1) is 6.92 Å². The molecule has 0 aliphatic carbocycles. The molecule has 0 spiro atoms. The first-order chi connectivity index (χ1) is 7.24. The third kappa shape index (κ3) is 2.10. The van der Waals surface area contributed by atoms with Crippen molar-refractivity contribution >= 4 is 11.3 Å². The van der Waals surface area contributed by atoms with Crippen molar-refractivity contribution in [2.24, 2.45) is 5.73 Å². The fourth-order valence-electron chi connectivity index (χ4n) is 2.50. The van der Waals surface area contributed by atoms with Gasteiger partial charge in [0, 0.05) is 10.9 Å². The number of rotatable bonds is 2. The Morgan fingerprint density at radius 3 is 3.00 bits per heavy atom. The van der Waals surface area contributed by atoms with Crippen LogP contribution in [-0.4, -0.2) is 24.0 Å². The summed E-state index contributed by atoms with van der Waals surface area (Å²) >= 11 is 1.86. The zero-order valence-electron chi connectivity index (χ0n) is 9.57. The van der Waals surface area contributed by atoms with E-state index in [0.717, 1.165) is 6.54 Å². The first-order valence-electron chi connectivity index (χ1n) is 5.77. The Kier molecular flexibility index (Phi) is 3.44. The Morgan fingerprint density at radius 2 is 2.40 bits per heavy atom. The number of hydrogen-bond donors (Lipinski definition) is 1. The predicted octanol–water partition coefficient (Wildman–Crippen LogP) is 2.54. The minimum atomic E-state index is 0.316. The molecule has 1 fully saturated rings. The van der Waals surface area contributed by atoms with Crippen LogP contribution in [0.2, 0.25) is 0 Å². The quantitative estimate of drug-likeness (QED) is 0.836. The number of nitrogens with two attached hydrogens (primary N) is 1. The second-order valence-electron chi connectivity index (χ2n) is 4.35. The molecule has 3 heteroatoms. The second-order valence-corrected chi connectivity index (χ2v) is 5.30. The molecule has 2 rings (SSSR count). The van der Waals surface area contributed by atoms with E-state index in [-0.39, 0.29) is 0 Å². The zero-order valence-corrected chi connectivity index (χ0v) is 10.4. The van der Waals surface area contributed by atoms with Gasteiger partial charge in [0.15, 0.2) is 0 Å². The van der Waals surface area contributed by atoms with Gasteiger partial charge in [-0.3, -0.25) is 4.90 Å². The van der Waals surface area contributed by atoms with Crippen LogP contribution in [0.3, 0.4) is 0 Å². The summed E-state index contributed by atoms with van der Waals surface area (Å²) in [5.74, 6) is 0. The molecule has 15 heavy (non-hydrogen) atoms. The van der Waals surface area contributed by atoms with Gasteiger partial charge in [0.25, 0.3) is 0 Å². The summed E-state index contributed by atoms with van der Waals surface area (Å²) < 4.78 is 0. The standard InChI is InChI=1S/C12H20N2S/c1-3-14-7-4-5-10(13)11(14)12-9(2)6-8-15-12/h6,8,10-11H,3-5,7,13H2,1-2H3. The third-order valence-corrected chi connectivity index (χ3v) is 4.45. The van der Waals surface area contributed by atoms with E-state index in [2.05, 4.69) is 30.2 Å². The highest BCUT2D eigenvalue weighted by Gasteiger charge is 2.30. The summed E-state index contributed by atoms with van der Waals surface area (Å²) in [6, 6.07) is 2.98. The van der Waals surface area contributed by atoms with Gasteiger partial charge in [-0.25, -0.2) is 0 Å². The summed E-state index contributed by atoms with van der Waals surface area (Å²) in [6.45, 7) is 6.73. The fraction of sp³-hybridized carbons (Fsp3) is 0.667. The van der Waals surface area contributed by atoms with Crippen molar-refractivity contribution in [1.29, 1.82) is 0 Å². The van der Waals surface area contributed by atoms with Crippen LogP contribution in [0.4, 0.5) is 0 Å². The highest BCUT2D eigenvalue weighted by atomic mass is 32.1. The molecule has 1 aromatic heterocycles. The largest absolute Gasteiger partial charge is 0.326 e. The van der Waals surface area contributed by atoms with Crippen molar-refractivity contribution in [3.05, 3.63) is 21.9 Å². The minimum Gasteiger partial charge on any atom is -0.326 e. The highest BCUT2D eigenvalue weighted by molar-refractivity contribution is 7.10. The summed E-state index contributed by atoms with van der Waals surface area (Å²) in [4.78, 5) is 4.00. The molecule has 2 unspecified atom stereocenters. The minimum absolute atomic E-state index is 0.316. The maximum atomic E-state index is 6.27. The third-order valence-electron chi connectivity index (χ3n) is 3.36. The Labute approximate surface area is 96.1 Å². The summed E-state index contributed by atoms with van der Waals surface area (Å²) in [7, 11) is 0. The normalized spacial score (nSPS) is 28.2. The molecule has 84 valence electrons. The Bertz CT molecular complexity index is 321. The molecule has 1 aliphatic rings. The monoisotopic (exact) mass is 224 g/mol. The molecule has 0 saturated carbocycles. The van der Waals surface area contributed by atoms with Gasteiger partial charge in [-0.15, -0.1) is 11.3 Å². The molecule has 2 atom stereocenters. The maximum Gasteiger partial charge on any atom is 0.0596 e. The van der Waals surface area contributed by atoms with Crippen LogP contribution in [0.25, 0.3) is 0 Å². The van der Waals surface area contributed by atoms with Crippen molar-refractivity contribution in [1.82, 2.24) is 4.90 Å². The number of likely N-dealkylation sites (N-methyl/N-ethyl adjacent to an activating group) is 1. The lowest BCUT2D eigenvalue weighted by Gasteiger charge is -2.39. The number of thiophene rings is 1. The van der Waals surface area contributed by atoms with Crippen LogP contribution in [0.5, 0.6) is 0 Å². The van der Waals surface area contributed by atoms with Gasteiger partial charge in [0.1, 0.15) is 0 Å². The fourth-order valence-corrected chi connectivity index (χ4v) is 3.64. The topological polar surface area (TPSA) is 29.3 Å². The van der Waals surface area contributed by atoms with E-state index in [9.17, 15) is 0 Å². The molecule has 0 bridgehead atoms. The van der Waals surface area contributed by atoms with Crippen molar-refractivity contribution in [3.8, 4) is 0 Å². The van der Waals surface area contributed by atoms with Gasteiger partial charge in [0.05, 0.1) is 6.04 Å². The molecule has 1 aliphatic heterocycles. The summed E-state index contributed by atoms with van der Waals surface area (Å²) in [5, 5.41) is 2.18. The van der Waals surface area contributed by atoms with Crippen LogP contribution < -0.4 is 5.73 Å². The average molecular weight is 224 g/mol. The lowest BCUT2D eigenvalue weighted by molar-refractivity contribution is 0.138. The first-order valence-corrected chi connectivity index (χ1v) is 6.65. The molecular weight excluding hydrogens is 204 g/mol. The average Bonchev–Trinajstić information content (AvgIpc) is 2.64. The van der Waals surface area contributed by atoms with Crippen LogP contribution >= 0.6 is 11.3 Å². The van der Waals surface area contributed by atoms with Gasteiger partial charge in [-0.1, -0.05) is 6.92 Å².